The smallest absolute Gasteiger partial charge is 0.306 e. The van der Waals surface area contributed by atoms with Gasteiger partial charge in [0.1, 0.15) is 5.44 Å². The molecule has 0 radical (unpaired) electrons. The first-order chi connectivity index (χ1) is 6.72. The molecule has 0 fully saturated rings. The second-order valence-electron chi connectivity index (χ2n) is 2.84. The Morgan fingerprint density at radius 3 is 2.64 bits per heavy atom. The number of esters is 1. The highest BCUT2D eigenvalue weighted by Gasteiger charge is 2.08. The van der Waals surface area contributed by atoms with Gasteiger partial charge >= 0.3 is 5.97 Å². The summed E-state index contributed by atoms with van der Waals surface area (Å²) < 4.78 is 5.13. The van der Waals surface area contributed by atoms with Crippen LogP contribution in [0.25, 0.3) is 0 Å². The average Bonchev–Trinajstić information content (AvgIpc) is 2.19. The number of benzene rings is 1. The van der Waals surface area contributed by atoms with E-state index in [1.165, 1.54) is 0 Å². The van der Waals surface area contributed by atoms with Crippen LogP contribution in [0.4, 0.5) is 0 Å². The molecule has 1 rings (SSSR count). The Morgan fingerprint density at radius 1 is 1.43 bits per heavy atom. The third-order valence-electron chi connectivity index (χ3n) is 1.63. The summed E-state index contributed by atoms with van der Waals surface area (Å²) in [4.78, 5) is 12.1. The van der Waals surface area contributed by atoms with Crippen LogP contribution < -0.4 is 0 Å². The lowest BCUT2D eigenvalue weighted by atomic mass is 10.4. The molecule has 0 heterocycles. The van der Waals surface area contributed by atoms with Crippen LogP contribution in [0.15, 0.2) is 35.2 Å². The summed E-state index contributed by atoms with van der Waals surface area (Å²) in [6, 6.07) is 9.90. The van der Waals surface area contributed by atoms with Crippen molar-refractivity contribution in [2.75, 3.05) is 0 Å². The monoisotopic (exact) mass is 210 g/mol. The van der Waals surface area contributed by atoms with Crippen molar-refractivity contribution in [2.24, 2.45) is 0 Å². The minimum atomic E-state index is -0.152. The number of hydrogen-bond acceptors (Lipinski definition) is 3. The molecule has 1 aromatic carbocycles. The summed E-state index contributed by atoms with van der Waals surface area (Å²) in [6.45, 7) is 3.67. The molecule has 0 saturated carbocycles. The lowest BCUT2D eigenvalue weighted by Crippen LogP contribution is -2.10. The highest BCUT2D eigenvalue weighted by molar-refractivity contribution is 7.99. The first kappa shape index (κ1) is 11.1. The van der Waals surface area contributed by atoms with Gasteiger partial charge in [0, 0.05) is 11.3 Å². The molecule has 1 atom stereocenters. The van der Waals surface area contributed by atoms with Crippen molar-refractivity contribution in [3.8, 4) is 0 Å². The van der Waals surface area contributed by atoms with Crippen molar-refractivity contribution < 1.29 is 9.53 Å². The van der Waals surface area contributed by atoms with Crippen molar-refractivity contribution in [3.63, 3.8) is 0 Å². The van der Waals surface area contributed by atoms with Gasteiger partial charge in [-0.3, -0.25) is 4.79 Å². The minimum absolute atomic E-state index is 0.121. The molecular formula is C11H14O2S. The van der Waals surface area contributed by atoms with Gasteiger partial charge in [0.2, 0.25) is 0 Å². The van der Waals surface area contributed by atoms with Crippen molar-refractivity contribution >= 4 is 17.7 Å². The Morgan fingerprint density at radius 2 is 2.07 bits per heavy atom. The molecule has 1 unspecified atom stereocenters. The molecule has 0 aromatic heterocycles. The van der Waals surface area contributed by atoms with Crippen LogP contribution >= 0.6 is 11.8 Å². The van der Waals surface area contributed by atoms with E-state index in [1.54, 1.807) is 18.7 Å². The van der Waals surface area contributed by atoms with Gasteiger partial charge in [-0.05, 0) is 19.1 Å². The second-order valence-corrected chi connectivity index (χ2v) is 4.21. The molecule has 76 valence electrons. The van der Waals surface area contributed by atoms with E-state index in [-0.39, 0.29) is 11.4 Å². The van der Waals surface area contributed by atoms with E-state index in [0.717, 1.165) is 4.90 Å². The maximum absolute atomic E-state index is 11.0. The van der Waals surface area contributed by atoms with E-state index in [9.17, 15) is 4.79 Å². The molecule has 1 aromatic rings. The lowest BCUT2D eigenvalue weighted by molar-refractivity contribution is -0.144. The standard InChI is InChI=1S/C11H14O2S/c1-3-11(12)13-9(2)14-10-7-5-4-6-8-10/h4-9H,3H2,1-2H3. The molecule has 0 spiro atoms. The van der Waals surface area contributed by atoms with E-state index in [1.807, 2.05) is 37.3 Å². The third-order valence-corrected chi connectivity index (χ3v) is 2.60. The van der Waals surface area contributed by atoms with Crippen molar-refractivity contribution in [1.29, 1.82) is 0 Å². The van der Waals surface area contributed by atoms with Crippen LogP contribution in [0.2, 0.25) is 0 Å². The van der Waals surface area contributed by atoms with Gasteiger partial charge in [-0.25, -0.2) is 0 Å². The van der Waals surface area contributed by atoms with E-state index in [4.69, 9.17) is 4.74 Å². The van der Waals surface area contributed by atoms with E-state index in [2.05, 4.69) is 0 Å². The third kappa shape index (κ3) is 3.83. The predicted molar refractivity (Wildman–Crippen MR) is 58.1 cm³/mol. The van der Waals surface area contributed by atoms with Gasteiger partial charge < -0.3 is 4.74 Å². The van der Waals surface area contributed by atoms with Gasteiger partial charge in [-0.2, -0.15) is 0 Å². The normalized spacial score (nSPS) is 12.1. The zero-order valence-corrected chi connectivity index (χ0v) is 9.21. The summed E-state index contributed by atoms with van der Waals surface area (Å²) in [6.07, 6.45) is 0.430. The number of carbonyl (C=O) groups excluding carboxylic acids is 1. The molecule has 3 heteroatoms. The van der Waals surface area contributed by atoms with Crippen molar-refractivity contribution in [3.05, 3.63) is 30.3 Å². The number of rotatable bonds is 4. The number of ether oxygens (including phenoxy) is 1. The summed E-state index contributed by atoms with van der Waals surface area (Å²) in [7, 11) is 0. The van der Waals surface area contributed by atoms with Gasteiger partial charge in [-0.1, -0.05) is 36.9 Å². The lowest BCUT2D eigenvalue weighted by Gasteiger charge is -2.11. The molecule has 2 nitrogen and oxygen atoms in total. The molecule has 0 N–H and O–H groups in total. The van der Waals surface area contributed by atoms with Crippen LogP contribution in [0.3, 0.4) is 0 Å². The number of hydrogen-bond donors (Lipinski definition) is 0. The fourth-order valence-electron chi connectivity index (χ4n) is 0.983. The van der Waals surface area contributed by atoms with E-state index < -0.39 is 0 Å². The molecule has 0 amide bonds. The Balaban J connectivity index is 2.41. The molecular weight excluding hydrogens is 196 g/mol. The number of thioether (sulfide) groups is 1. The first-order valence-electron chi connectivity index (χ1n) is 4.63. The van der Waals surface area contributed by atoms with Crippen LogP contribution in [-0.2, 0) is 9.53 Å². The van der Waals surface area contributed by atoms with Crippen molar-refractivity contribution in [1.82, 2.24) is 0 Å². The molecule has 14 heavy (non-hydrogen) atoms. The van der Waals surface area contributed by atoms with Gasteiger partial charge in [-0.15, -0.1) is 0 Å². The maximum Gasteiger partial charge on any atom is 0.306 e. The summed E-state index contributed by atoms with van der Waals surface area (Å²) in [5.74, 6) is -0.152. The Kier molecular flexibility index (Phi) is 4.53. The topological polar surface area (TPSA) is 26.3 Å². The Labute approximate surface area is 88.7 Å². The zero-order chi connectivity index (χ0) is 10.4. The van der Waals surface area contributed by atoms with E-state index >= 15 is 0 Å². The summed E-state index contributed by atoms with van der Waals surface area (Å²) in [5.41, 5.74) is -0.121. The van der Waals surface area contributed by atoms with Crippen LogP contribution in [0.5, 0.6) is 0 Å². The molecule has 0 aliphatic carbocycles. The Bertz CT molecular complexity index is 285. The molecule has 0 aliphatic rings. The van der Waals surface area contributed by atoms with Crippen LogP contribution in [-0.4, -0.2) is 11.4 Å². The molecule has 0 bridgehead atoms. The largest absolute Gasteiger partial charge is 0.451 e. The average molecular weight is 210 g/mol. The second kappa shape index (κ2) is 5.70. The van der Waals surface area contributed by atoms with Gasteiger partial charge in [0.25, 0.3) is 0 Å². The van der Waals surface area contributed by atoms with Gasteiger partial charge in [0.15, 0.2) is 0 Å². The summed E-state index contributed by atoms with van der Waals surface area (Å²) in [5, 5.41) is 0. The zero-order valence-electron chi connectivity index (χ0n) is 8.40. The first-order valence-corrected chi connectivity index (χ1v) is 5.51. The van der Waals surface area contributed by atoms with Gasteiger partial charge in [0.05, 0.1) is 0 Å². The van der Waals surface area contributed by atoms with Crippen LogP contribution in [0, 0.1) is 0 Å². The maximum atomic E-state index is 11.0. The fourth-order valence-corrected chi connectivity index (χ4v) is 1.84. The summed E-state index contributed by atoms with van der Waals surface area (Å²) >= 11 is 1.54. The minimum Gasteiger partial charge on any atom is -0.451 e. The fraction of sp³-hybridized carbons (Fsp3) is 0.364. The highest BCUT2D eigenvalue weighted by Crippen LogP contribution is 2.23. The quantitative estimate of drug-likeness (QED) is 0.434. The Hall–Kier alpha value is -0.960. The van der Waals surface area contributed by atoms with Crippen molar-refractivity contribution in [2.45, 2.75) is 30.6 Å². The number of carbonyl (C=O) groups is 1. The predicted octanol–water partition coefficient (Wildman–Crippen LogP) is 3.08. The SMILES string of the molecule is CCC(=O)OC(C)Sc1ccccc1. The van der Waals surface area contributed by atoms with Crippen LogP contribution in [0.1, 0.15) is 20.3 Å². The molecule has 0 aliphatic heterocycles. The molecule has 0 saturated heterocycles. The van der Waals surface area contributed by atoms with E-state index in [0.29, 0.717) is 6.42 Å². The highest BCUT2D eigenvalue weighted by atomic mass is 32.2.